The molecule has 1 unspecified atom stereocenters. The van der Waals surface area contributed by atoms with E-state index in [4.69, 9.17) is 5.11 Å². The monoisotopic (exact) mass is 190 g/mol. The summed E-state index contributed by atoms with van der Waals surface area (Å²) in [5.74, 6) is -0.255. The fraction of sp³-hybridized carbons (Fsp3) is 0.417. The molecule has 1 aliphatic rings. The SMILES string of the molecule is O=C(O)[C@@H]1CC1CCc1ccccc1. The molecule has 1 aliphatic carbocycles. The van der Waals surface area contributed by atoms with Crippen molar-refractivity contribution in [2.75, 3.05) is 0 Å². The Kier molecular flexibility index (Phi) is 2.53. The van der Waals surface area contributed by atoms with E-state index in [1.54, 1.807) is 0 Å². The molecule has 1 saturated carbocycles. The summed E-state index contributed by atoms with van der Waals surface area (Å²) in [7, 11) is 0. The Morgan fingerprint density at radius 3 is 2.64 bits per heavy atom. The molecule has 1 fully saturated rings. The van der Waals surface area contributed by atoms with Crippen molar-refractivity contribution in [1.29, 1.82) is 0 Å². The first kappa shape index (κ1) is 9.25. The molecule has 0 radical (unpaired) electrons. The average Bonchev–Trinajstić information content (AvgIpc) is 2.96. The molecule has 2 atom stereocenters. The maximum Gasteiger partial charge on any atom is 0.306 e. The zero-order chi connectivity index (χ0) is 9.97. The Morgan fingerprint density at radius 2 is 2.07 bits per heavy atom. The molecule has 0 aliphatic heterocycles. The van der Waals surface area contributed by atoms with E-state index >= 15 is 0 Å². The van der Waals surface area contributed by atoms with Crippen molar-refractivity contribution in [1.82, 2.24) is 0 Å². The van der Waals surface area contributed by atoms with Gasteiger partial charge in [-0.25, -0.2) is 0 Å². The first-order valence-corrected chi connectivity index (χ1v) is 5.04. The van der Waals surface area contributed by atoms with Crippen LogP contribution >= 0.6 is 0 Å². The summed E-state index contributed by atoms with van der Waals surface area (Å²) in [4.78, 5) is 10.6. The Balaban J connectivity index is 1.77. The quantitative estimate of drug-likeness (QED) is 0.791. The molecule has 0 heterocycles. The van der Waals surface area contributed by atoms with Crippen LogP contribution in [0.25, 0.3) is 0 Å². The number of carbonyl (C=O) groups is 1. The van der Waals surface area contributed by atoms with Crippen LogP contribution in [-0.4, -0.2) is 11.1 Å². The molecule has 2 rings (SSSR count). The molecule has 0 saturated heterocycles. The highest BCUT2D eigenvalue weighted by molar-refractivity contribution is 5.73. The van der Waals surface area contributed by atoms with Crippen LogP contribution in [0.1, 0.15) is 18.4 Å². The maximum atomic E-state index is 10.6. The Labute approximate surface area is 83.6 Å². The Bertz CT molecular complexity index is 318. The lowest BCUT2D eigenvalue weighted by Gasteiger charge is -1.99. The number of carboxylic acids is 1. The standard InChI is InChI=1S/C12H14O2/c13-12(14)11-8-10(11)7-6-9-4-2-1-3-5-9/h1-5,10-11H,6-8H2,(H,13,14)/t10?,11-/m1/s1. The molecular weight excluding hydrogens is 176 g/mol. The lowest BCUT2D eigenvalue weighted by Crippen LogP contribution is -2.00. The van der Waals surface area contributed by atoms with E-state index in [0.29, 0.717) is 5.92 Å². The van der Waals surface area contributed by atoms with Gasteiger partial charge in [0, 0.05) is 0 Å². The van der Waals surface area contributed by atoms with Crippen LogP contribution in [0, 0.1) is 11.8 Å². The van der Waals surface area contributed by atoms with Gasteiger partial charge in [-0.1, -0.05) is 30.3 Å². The van der Waals surface area contributed by atoms with E-state index < -0.39 is 5.97 Å². The Morgan fingerprint density at radius 1 is 1.36 bits per heavy atom. The fourth-order valence-corrected chi connectivity index (χ4v) is 1.87. The average molecular weight is 190 g/mol. The first-order chi connectivity index (χ1) is 6.77. The van der Waals surface area contributed by atoms with Crippen LogP contribution in [0.2, 0.25) is 0 Å². The second kappa shape index (κ2) is 3.82. The molecule has 1 aromatic rings. The van der Waals surface area contributed by atoms with Gasteiger partial charge in [0.25, 0.3) is 0 Å². The lowest BCUT2D eigenvalue weighted by atomic mass is 10.1. The van der Waals surface area contributed by atoms with Crippen LogP contribution in [0.3, 0.4) is 0 Å². The molecule has 2 nitrogen and oxygen atoms in total. The largest absolute Gasteiger partial charge is 0.481 e. The van der Waals surface area contributed by atoms with E-state index in [1.165, 1.54) is 5.56 Å². The molecular formula is C12H14O2. The predicted octanol–water partition coefficient (Wildman–Crippen LogP) is 2.34. The van der Waals surface area contributed by atoms with Crippen LogP contribution in [-0.2, 0) is 11.2 Å². The van der Waals surface area contributed by atoms with Crippen LogP contribution < -0.4 is 0 Å². The van der Waals surface area contributed by atoms with Gasteiger partial charge in [0.1, 0.15) is 0 Å². The van der Waals surface area contributed by atoms with Gasteiger partial charge >= 0.3 is 5.97 Å². The third kappa shape index (κ3) is 2.13. The molecule has 0 bridgehead atoms. The second-order valence-electron chi connectivity index (χ2n) is 3.96. The smallest absolute Gasteiger partial charge is 0.306 e. The zero-order valence-corrected chi connectivity index (χ0v) is 8.02. The van der Waals surface area contributed by atoms with E-state index in [1.807, 2.05) is 18.2 Å². The van der Waals surface area contributed by atoms with E-state index in [9.17, 15) is 4.79 Å². The number of hydrogen-bond acceptors (Lipinski definition) is 1. The number of benzene rings is 1. The maximum absolute atomic E-state index is 10.6. The summed E-state index contributed by atoms with van der Waals surface area (Å²) in [5, 5.41) is 8.72. The van der Waals surface area contributed by atoms with Gasteiger partial charge in [-0.15, -0.1) is 0 Å². The third-order valence-electron chi connectivity index (χ3n) is 2.89. The summed E-state index contributed by atoms with van der Waals surface area (Å²) >= 11 is 0. The number of hydrogen-bond donors (Lipinski definition) is 1. The molecule has 0 spiro atoms. The van der Waals surface area contributed by atoms with Gasteiger partial charge in [0.2, 0.25) is 0 Å². The highest BCUT2D eigenvalue weighted by Crippen LogP contribution is 2.41. The Hall–Kier alpha value is -1.31. The van der Waals surface area contributed by atoms with Crippen molar-refractivity contribution in [3.63, 3.8) is 0 Å². The topological polar surface area (TPSA) is 37.3 Å². The van der Waals surface area contributed by atoms with Crippen molar-refractivity contribution in [3.05, 3.63) is 35.9 Å². The van der Waals surface area contributed by atoms with Crippen molar-refractivity contribution in [2.45, 2.75) is 19.3 Å². The van der Waals surface area contributed by atoms with Gasteiger partial charge < -0.3 is 5.11 Å². The van der Waals surface area contributed by atoms with Crippen LogP contribution in [0.4, 0.5) is 0 Å². The van der Waals surface area contributed by atoms with Crippen LogP contribution in [0.15, 0.2) is 30.3 Å². The molecule has 1 aromatic carbocycles. The zero-order valence-electron chi connectivity index (χ0n) is 8.02. The first-order valence-electron chi connectivity index (χ1n) is 5.04. The van der Waals surface area contributed by atoms with Gasteiger partial charge in [-0.2, -0.15) is 0 Å². The minimum atomic E-state index is -0.622. The summed E-state index contributed by atoms with van der Waals surface area (Å²) in [6.45, 7) is 0. The van der Waals surface area contributed by atoms with Crippen LogP contribution in [0.5, 0.6) is 0 Å². The van der Waals surface area contributed by atoms with E-state index in [-0.39, 0.29) is 5.92 Å². The summed E-state index contributed by atoms with van der Waals surface area (Å²) in [6, 6.07) is 10.2. The highest BCUT2D eigenvalue weighted by atomic mass is 16.4. The minimum Gasteiger partial charge on any atom is -0.481 e. The van der Waals surface area contributed by atoms with Gasteiger partial charge in [-0.3, -0.25) is 4.79 Å². The normalized spacial score (nSPS) is 24.6. The molecule has 0 amide bonds. The minimum absolute atomic E-state index is 0.0567. The number of aryl methyl sites for hydroxylation is 1. The third-order valence-corrected chi connectivity index (χ3v) is 2.89. The fourth-order valence-electron chi connectivity index (χ4n) is 1.87. The predicted molar refractivity (Wildman–Crippen MR) is 54.0 cm³/mol. The number of carboxylic acid groups (broad SMARTS) is 1. The number of aliphatic carboxylic acids is 1. The van der Waals surface area contributed by atoms with Crippen molar-refractivity contribution < 1.29 is 9.90 Å². The molecule has 14 heavy (non-hydrogen) atoms. The lowest BCUT2D eigenvalue weighted by molar-refractivity contribution is -0.138. The van der Waals surface area contributed by atoms with Crippen molar-refractivity contribution >= 4 is 5.97 Å². The van der Waals surface area contributed by atoms with E-state index in [0.717, 1.165) is 19.3 Å². The molecule has 74 valence electrons. The van der Waals surface area contributed by atoms with Crippen molar-refractivity contribution in [2.24, 2.45) is 11.8 Å². The molecule has 1 N–H and O–H groups in total. The summed E-state index contributed by atoms with van der Waals surface area (Å²) in [5.41, 5.74) is 1.31. The van der Waals surface area contributed by atoms with Gasteiger partial charge in [0.05, 0.1) is 5.92 Å². The summed E-state index contributed by atoms with van der Waals surface area (Å²) in [6.07, 6.45) is 2.90. The van der Waals surface area contributed by atoms with E-state index in [2.05, 4.69) is 12.1 Å². The molecule has 0 aromatic heterocycles. The molecule has 2 heteroatoms. The van der Waals surface area contributed by atoms with Gasteiger partial charge in [-0.05, 0) is 30.7 Å². The second-order valence-corrected chi connectivity index (χ2v) is 3.96. The van der Waals surface area contributed by atoms with Crippen molar-refractivity contribution in [3.8, 4) is 0 Å². The number of rotatable bonds is 4. The highest BCUT2D eigenvalue weighted by Gasteiger charge is 2.42. The summed E-state index contributed by atoms with van der Waals surface area (Å²) < 4.78 is 0. The van der Waals surface area contributed by atoms with Gasteiger partial charge in [0.15, 0.2) is 0 Å².